The molecule has 0 atom stereocenters. The molecule has 2 nitrogen and oxygen atoms in total. The van der Waals surface area contributed by atoms with Gasteiger partial charge in [-0.05, 0) is 30.0 Å². The van der Waals surface area contributed by atoms with Crippen LogP contribution in [0.1, 0.15) is 15.9 Å². The lowest BCUT2D eigenvalue weighted by molar-refractivity contribution is 0.0697. The first kappa shape index (κ1) is 9.43. The molecule has 0 unspecified atom stereocenters. The van der Waals surface area contributed by atoms with Crippen LogP contribution in [0.3, 0.4) is 0 Å². The summed E-state index contributed by atoms with van der Waals surface area (Å²) in [6.07, 6.45) is 0. The minimum absolute atomic E-state index is 0.373. The van der Waals surface area contributed by atoms with Crippen LogP contribution in [0.2, 0.25) is 0 Å². The van der Waals surface area contributed by atoms with Crippen molar-refractivity contribution in [2.24, 2.45) is 0 Å². The maximum absolute atomic E-state index is 10.7. The molecule has 2 aromatic heterocycles. The number of aryl methyl sites for hydroxylation is 1. The molecular formula is C10H8O2S2. The average Bonchev–Trinajstić information content (AvgIpc) is 2.71. The third-order valence-electron chi connectivity index (χ3n) is 1.93. The highest BCUT2D eigenvalue weighted by atomic mass is 32.1. The van der Waals surface area contributed by atoms with Crippen LogP contribution >= 0.6 is 22.7 Å². The summed E-state index contributed by atoms with van der Waals surface area (Å²) in [6, 6.07) is 3.77. The summed E-state index contributed by atoms with van der Waals surface area (Å²) in [7, 11) is 0. The summed E-state index contributed by atoms with van der Waals surface area (Å²) < 4.78 is 0. The Morgan fingerprint density at radius 2 is 2.21 bits per heavy atom. The quantitative estimate of drug-likeness (QED) is 0.847. The van der Waals surface area contributed by atoms with Crippen LogP contribution in [-0.2, 0) is 0 Å². The summed E-state index contributed by atoms with van der Waals surface area (Å²) in [5, 5.41) is 12.5. The van der Waals surface area contributed by atoms with Crippen LogP contribution in [0.15, 0.2) is 22.9 Å². The summed E-state index contributed by atoms with van der Waals surface area (Å²) >= 11 is 3.12. The first-order valence-electron chi connectivity index (χ1n) is 4.05. The Bertz CT molecular complexity index is 468. The fourth-order valence-corrected chi connectivity index (χ4v) is 3.20. The highest BCUT2D eigenvalue weighted by molar-refractivity contribution is 7.20. The Balaban J connectivity index is 2.43. The fourth-order valence-electron chi connectivity index (χ4n) is 1.19. The summed E-state index contributed by atoms with van der Waals surface area (Å²) in [4.78, 5) is 12.9. The molecule has 2 heterocycles. The minimum atomic E-state index is -0.860. The smallest absolute Gasteiger partial charge is 0.336 e. The van der Waals surface area contributed by atoms with Crippen molar-refractivity contribution in [3.05, 3.63) is 34.0 Å². The van der Waals surface area contributed by atoms with Gasteiger partial charge in [-0.3, -0.25) is 0 Å². The van der Waals surface area contributed by atoms with E-state index in [-0.39, 0.29) is 0 Å². The van der Waals surface area contributed by atoms with E-state index in [0.717, 1.165) is 4.88 Å². The number of hydrogen-bond donors (Lipinski definition) is 1. The van der Waals surface area contributed by atoms with Gasteiger partial charge in [-0.25, -0.2) is 4.79 Å². The van der Waals surface area contributed by atoms with Gasteiger partial charge in [0, 0.05) is 15.1 Å². The van der Waals surface area contributed by atoms with E-state index in [2.05, 4.69) is 0 Å². The standard InChI is InChI=1S/C10H8O2S2/c1-6-2-3-13-9(6)8-4-7(5-14-8)10(11)12/h2-5H,1H3,(H,11,12). The third-order valence-corrected chi connectivity index (χ3v) is 4.06. The van der Waals surface area contributed by atoms with Crippen LogP contribution < -0.4 is 0 Å². The van der Waals surface area contributed by atoms with E-state index in [0.29, 0.717) is 5.56 Å². The molecule has 0 aliphatic rings. The molecule has 14 heavy (non-hydrogen) atoms. The normalized spacial score (nSPS) is 10.4. The predicted octanol–water partition coefficient (Wildman–Crippen LogP) is 3.48. The van der Waals surface area contributed by atoms with Crippen LogP contribution in [0.5, 0.6) is 0 Å². The number of aromatic carboxylic acids is 1. The molecule has 2 aromatic rings. The van der Waals surface area contributed by atoms with Gasteiger partial charge >= 0.3 is 5.97 Å². The molecule has 4 heteroatoms. The number of thiophene rings is 2. The van der Waals surface area contributed by atoms with Gasteiger partial charge in [0.1, 0.15) is 0 Å². The number of rotatable bonds is 2. The lowest BCUT2D eigenvalue weighted by atomic mass is 10.2. The monoisotopic (exact) mass is 224 g/mol. The van der Waals surface area contributed by atoms with Crippen molar-refractivity contribution >= 4 is 28.6 Å². The van der Waals surface area contributed by atoms with E-state index < -0.39 is 5.97 Å². The molecule has 1 N–H and O–H groups in total. The lowest BCUT2D eigenvalue weighted by Crippen LogP contribution is -1.91. The zero-order chi connectivity index (χ0) is 10.1. The number of carbonyl (C=O) groups is 1. The van der Waals surface area contributed by atoms with Crippen molar-refractivity contribution in [2.75, 3.05) is 0 Å². The van der Waals surface area contributed by atoms with Crippen molar-refractivity contribution in [1.82, 2.24) is 0 Å². The van der Waals surface area contributed by atoms with Crippen LogP contribution in [0.25, 0.3) is 9.75 Å². The molecule has 0 fully saturated rings. The largest absolute Gasteiger partial charge is 0.478 e. The van der Waals surface area contributed by atoms with Crippen LogP contribution in [0.4, 0.5) is 0 Å². The highest BCUT2D eigenvalue weighted by Crippen LogP contribution is 2.33. The van der Waals surface area contributed by atoms with Crippen LogP contribution in [0, 0.1) is 6.92 Å². The van der Waals surface area contributed by atoms with Gasteiger partial charge in [-0.15, -0.1) is 22.7 Å². The summed E-state index contributed by atoms with van der Waals surface area (Å²) in [5.74, 6) is -0.860. The van der Waals surface area contributed by atoms with Gasteiger partial charge in [-0.1, -0.05) is 0 Å². The first-order chi connectivity index (χ1) is 6.68. The van der Waals surface area contributed by atoms with Gasteiger partial charge in [-0.2, -0.15) is 0 Å². The molecule has 72 valence electrons. The maximum Gasteiger partial charge on any atom is 0.336 e. The molecule has 0 spiro atoms. The zero-order valence-electron chi connectivity index (χ0n) is 7.48. The maximum atomic E-state index is 10.7. The molecule has 0 amide bonds. The van der Waals surface area contributed by atoms with Gasteiger partial charge in [0.05, 0.1) is 5.56 Å². The third kappa shape index (κ3) is 1.58. The average molecular weight is 224 g/mol. The molecule has 0 aliphatic heterocycles. The molecule has 0 saturated heterocycles. The molecule has 0 saturated carbocycles. The molecule has 0 radical (unpaired) electrons. The Labute approximate surface area is 89.5 Å². The lowest BCUT2D eigenvalue weighted by Gasteiger charge is -1.92. The van der Waals surface area contributed by atoms with Gasteiger partial charge < -0.3 is 5.11 Å². The van der Waals surface area contributed by atoms with E-state index in [4.69, 9.17) is 5.11 Å². The Kier molecular flexibility index (Phi) is 2.39. The van der Waals surface area contributed by atoms with Crippen molar-refractivity contribution in [3.8, 4) is 9.75 Å². The molecular weight excluding hydrogens is 216 g/mol. The Morgan fingerprint density at radius 3 is 2.71 bits per heavy atom. The minimum Gasteiger partial charge on any atom is -0.478 e. The van der Waals surface area contributed by atoms with Gasteiger partial charge in [0.25, 0.3) is 0 Å². The summed E-state index contributed by atoms with van der Waals surface area (Å²) in [5.41, 5.74) is 1.58. The van der Waals surface area contributed by atoms with E-state index in [9.17, 15) is 4.79 Å². The van der Waals surface area contributed by atoms with Crippen molar-refractivity contribution in [3.63, 3.8) is 0 Å². The fraction of sp³-hybridized carbons (Fsp3) is 0.100. The summed E-state index contributed by atoms with van der Waals surface area (Å²) in [6.45, 7) is 2.03. The molecule has 0 aliphatic carbocycles. The first-order valence-corrected chi connectivity index (χ1v) is 5.80. The van der Waals surface area contributed by atoms with Gasteiger partial charge in [0.2, 0.25) is 0 Å². The topological polar surface area (TPSA) is 37.3 Å². The molecule has 0 aromatic carbocycles. The second-order valence-corrected chi connectivity index (χ2v) is 4.76. The number of carboxylic acid groups (broad SMARTS) is 1. The Morgan fingerprint density at radius 1 is 1.43 bits per heavy atom. The SMILES string of the molecule is Cc1ccsc1-c1cc(C(=O)O)cs1. The second kappa shape index (κ2) is 3.55. The van der Waals surface area contributed by atoms with E-state index in [1.165, 1.54) is 21.8 Å². The van der Waals surface area contributed by atoms with Crippen molar-refractivity contribution in [2.45, 2.75) is 6.92 Å². The van der Waals surface area contributed by atoms with Gasteiger partial charge in [0.15, 0.2) is 0 Å². The van der Waals surface area contributed by atoms with E-state index in [1.54, 1.807) is 22.8 Å². The number of hydrogen-bond acceptors (Lipinski definition) is 3. The molecule has 2 rings (SSSR count). The predicted molar refractivity (Wildman–Crippen MR) is 59.3 cm³/mol. The zero-order valence-corrected chi connectivity index (χ0v) is 9.11. The van der Waals surface area contributed by atoms with Crippen molar-refractivity contribution < 1.29 is 9.90 Å². The van der Waals surface area contributed by atoms with E-state index in [1.807, 2.05) is 18.4 Å². The van der Waals surface area contributed by atoms with E-state index >= 15 is 0 Å². The van der Waals surface area contributed by atoms with Crippen molar-refractivity contribution in [1.29, 1.82) is 0 Å². The highest BCUT2D eigenvalue weighted by Gasteiger charge is 2.10. The Hall–Kier alpha value is -1.13. The number of carboxylic acids is 1. The van der Waals surface area contributed by atoms with Crippen LogP contribution in [-0.4, -0.2) is 11.1 Å². The second-order valence-electron chi connectivity index (χ2n) is 2.94. The molecule has 0 bridgehead atoms.